The van der Waals surface area contributed by atoms with Crippen molar-refractivity contribution >= 4 is 0 Å². The number of hydrogen-bond acceptors (Lipinski definition) is 0. The molecule has 0 nitrogen and oxygen atoms in total. The molecule has 0 bridgehead atoms. The molecule has 36 heavy (non-hydrogen) atoms. The molecule has 0 amide bonds. The van der Waals surface area contributed by atoms with Crippen LogP contribution >= 0.6 is 0 Å². The lowest BCUT2D eigenvalue weighted by Gasteiger charge is -2.50. The molecule has 0 aromatic heterocycles. The highest BCUT2D eigenvalue weighted by Gasteiger charge is 2.60. The van der Waals surface area contributed by atoms with E-state index in [-0.39, 0.29) is 5.41 Å². The Balaban J connectivity index is 1.53. The summed E-state index contributed by atoms with van der Waals surface area (Å²) in [6.45, 7) is 3.96. The molecule has 0 N–H and O–H groups in total. The maximum atomic E-state index is 3.96. The third-order valence-electron chi connectivity index (χ3n) is 9.95. The van der Waals surface area contributed by atoms with Gasteiger partial charge in [-0.2, -0.15) is 0 Å². The van der Waals surface area contributed by atoms with Crippen molar-refractivity contribution in [3.05, 3.63) is 133 Å². The lowest BCUT2D eigenvalue weighted by molar-refractivity contribution is 0.155. The Labute approximate surface area is 218 Å². The van der Waals surface area contributed by atoms with Crippen molar-refractivity contribution in [1.29, 1.82) is 0 Å². The van der Waals surface area contributed by atoms with Gasteiger partial charge in [0.2, 0.25) is 0 Å². The molecule has 2 saturated carbocycles. The summed E-state index contributed by atoms with van der Waals surface area (Å²) in [6, 6.07) is 23.3. The van der Waals surface area contributed by atoms with Crippen LogP contribution in [-0.2, 0) is 5.41 Å². The SMILES string of the molecule is C=CCCCC1CCC(C(c2ccccc2)(c2ccccc2)C2C3C=CC=CC3C3C=CC=CC32)C1. The zero-order chi connectivity index (χ0) is 24.4. The van der Waals surface area contributed by atoms with Gasteiger partial charge in [0, 0.05) is 5.41 Å². The minimum Gasteiger partial charge on any atom is -0.103 e. The monoisotopic (exact) mass is 472 g/mol. The highest BCUT2D eigenvalue weighted by molar-refractivity contribution is 5.46. The second-order valence-corrected chi connectivity index (χ2v) is 11.6. The fourth-order valence-electron chi connectivity index (χ4n) is 8.66. The van der Waals surface area contributed by atoms with Crippen molar-refractivity contribution < 1.29 is 0 Å². The van der Waals surface area contributed by atoms with Gasteiger partial charge < -0.3 is 0 Å². The van der Waals surface area contributed by atoms with Crippen molar-refractivity contribution in [3.8, 4) is 0 Å². The molecule has 0 saturated heterocycles. The maximum absolute atomic E-state index is 3.96. The molecule has 184 valence electrons. The first-order chi connectivity index (χ1) is 17.8. The number of fused-ring (bicyclic) bond motifs is 3. The van der Waals surface area contributed by atoms with Crippen LogP contribution in [0.4, 0.5) is 0 Å². The smallest absolute Gasteiger partial charge is 0.0270 e. The second-order valence-electron chi connectivity index (χ2n) is 11.6. The van der Waals surface area contributed by atoms with E-state index in [1.54, 1.807) is 0 Å². The number of hydrogen-bond donors (Lipinski definition) is 0. The van der Waals surface area contributed by atoms with Gasteiger partial charge in [-0.25, -0.2) is 0 Å². The number of allylic oxidation sites excluding steroid dienone is 9. The summed E-state index contributed by atoms with van der Waals surface area (Å²) in [5, 5.41) is 0. The Kier molecular flexibility index (Phi) is 6.70. The zero-order valence-corrected chi connectivity index (χ0v) is 21.5. The lowest BCUT2D eigenvalue weighted by atomic mass is 9.53. The van der Waals surface area contributed by atoms with Crippen molar-refractivity contribution in [2.75, 3.05) is 0 Å². The predicted octanol–water partition coefficient (Wildman–Crippen LogP) is 9.09. The quantitative estimate of drug-likeness (QED) is 0.265. The predicted molar refractivity (Wildman–Crippen MR) is 153 cm³/mol. The van der Waals surface area contributed by atoms with E-state index >= 15 is 0 Å². The van der Waals surface area contributed by atoms with Gasteiger partial charge in [0.25, 0.3) is 0 Å². The third-order valence-corrected chi connectivity index (χ3v) is 9.95. The Hall–Kier alpha value is -2.86. The van der Waals surface area contributed by atoms with Crippen LogP contribution in [0.2, 0.25) is 0 Å². The molecule has 0 radical (unpaired) electrons. The van der Waals surface area contributed by atoms with Crippen molar-refractivity contribution in [1.82, 2.24) is 0 Å². The first kappa shape index (κ1) is 23.5. The summed E-state index contributed by atoms with van der Waals surface area (Å²) in [4.78, 5) is 0. The van der Waals surface area contributed by atoms with Crippen LogP contribution in [0.25, 0.3) is 0 Å². The highest BCUT2D eigenvalue weighted by atomic mass is 14.6. The average molecular weight is 473 g/mol. The molecule has 0 heterocycles. The summed E-state index contributed by atoms with van der Waals surface area (Å²) in [5.41, 5.74) is 3.06. The minimum atomic E-state index is 0.00306. The van der Waals surface area contributed by atoms with E-state index in [0.717, 1.165) is 12.3 Å². The summed E-state index contributed by atoms with van der Waals surface area (Å²) >= 11 is 0. The molecule has 4 aliphatic carbocycles. The van der Waals surface area contributed by atoms with E-state index < -0.39 is 0 Å². The van der Waals surface area contributed by atoms with E-state index in [1.807, 2.05) is 0 Å². The lowest BCUT2D eigenvalue weighted by Crippen LogP contribution is -2.47. The fraction of sp³-hybridized carbons (Fsp3) is 0.389. The molecule has 0 heteroatoms. The van der Waals surface area contributed by atoms with Crippen LogP contribution in [0.15, 0.2) is 122 Å². The highest BCUT2D eigenvalue weighted by Crippen LogP contribution is 2.64. The Bertz CT molecular complexity index is 1070. The molecule has 2 aromatic rings. The molecule has 4 aliphatic rings. The van der Waals surface area contributed by atoms with Gasteiger partial charge in [-0.05, 0) is 78.2 Å². The molecule has 6 unspecified atom stereocenters. The van der Waals surface area contributed by atoms with E-state index in [0.29, 0.717) is 35.5 Å². The van der Waals surface area contributed by atoms with Gasteiger partial charge in [0.15, 0.2) is 0 Å². The van der Waals surface area contributed by atoms with Crippen LogP contribution in [-0.4, -0.2) is 0 Å². The standard InChI is InChI=1S/C36H40/c1-2-3-6-15-27-24-25-30(26-27)36(28-16-7-4-8-17-28,29-18-9-5-10-19-29)35-33-22-13-11-20-31(33)32-21-12-14-23-34(32)35/h2,4-5,7-14,16-23,27,30-35H,1,3,6,15,24-26H2. The summed E-state index contributed by atoms with van der Waals surface area (Å²) in [7, 11) is 0. The summed E-state index contributed by atoms with van der Waals surface area (Å²) < 4.78 is 0. The van der Waals surface area contributed by atoms with Crippen LogP contribution in [0, 0.1) is 41.4 Å². The van der Waals surface area contributed by atoms with Gasteiger partial charge >= 0.3 is 0 Å². The normalized spacial score (nSPS) is 32.4. The molecule has 6 atom stereocenters. The van der Waals surface area contributed by atoms with E-state index in [4.69, 9.17) is 0 Å². The van der Waals surface area contributed by atoms with E-state index in [2.05, 4.69) is 122 Å². The molecule has 2 fully saturated rings. The molecule has 0 aliphatic heterocycles. The summed E-state index contributed by atoms with van der Waals surface area (Å²) in [6.07, 6.45) is 29.3. The topological polar surface area (TPSA) is 0 Å². The maximum Gasteiger partial charge on any atom is 0.0270 e. The van der Waals surface area contributed by atoms with Crippen molar-refractivity contribution in [2.24, 2.45) is 41.4 Å². The van der Waals surface area contributed by atoms with E-state index in [9.17, 15) is 0 Å². The van der Waals surface area contributed by atoms with Gasteiger partial charge in [-0.1, -0.05) is 128 Å². The van der Waals surface area contributed by atoms with Crippen LogP contribution in [0.1, 0.15) is 49.7 Å². The largest absolute Gasteiger partial charge is 0.103 e. The number of benzene rings is 2. The van der Waals surface area contributed by atoms with Gasteiger partial charge in [-0.15, -0.1) is 6.58 Å². The Morgan fingerprint density at radius 3 is 1.75 bits per heavy atom. The molecule has 6 rings (SSSR count). The van der Waals surface area contributed by atoms with Crippen molar-refractivity contribution in [3.63, 3.8) is 0 Å². The molecular formula is C36H40. The van der Waals surface area contributed by atoms with Crippen LogP contribution < -0.4 is 0 Å². The number of rotatable bonds is 8. The van der Waals surface area contributed by atoms with Crippen molar-refractivity contribution in [2.45, 2.75) is 43.9 Å². The van der Waals surface area contributed by atoms with Crippen LogP contribution in [0.3, 0.4) is 0 Å². The zero-order valence-electron chi connectivity index (χ0n) is 21.5. The fourth-order valence-corrected chi connectivity index (χ4v) is 8.66. The van der Waals surface area contributed by atoms with Gasteiger partial charge in [0.1, 0.15) is 0 Å². The Morgan fingerprint density at radius 1 is 0.694 bits per heavy atom. The first-order valence-electron chi connectivity index (χ1n) is 14.3. The van der Waals surface area contributed by atoms with Gasteiger partial charge in [0.05, 0.1) is 0 Å². The third kappa shape index (κ3) is 3.90. The number of unbranched alkanes of at least 4 members (excludes halogenated alkanes) is 1. The van der Waals surface area contributed by atoms with Crippen LogP contribution in [0.5, 0.6) is 0 Å². The molecular weight excluding hydrogens is 432 g/mol. The van der Waals surface area contributed by atoms with Gasteiger partial charge in [-0.3, -0.25) is 0 Å². The summed E-state index contributed by atoms with van der Waals surface area (Å²) in [5.74, 6) is 4.30. The minimum absolute atomic E-state index is 0.00306. The Morgan fingerprint density at radius 2 is 1.22 bits per heavy atom. The first-order valence-corrected chi connectivity index (χ1v) is 14.3. The van der Waals surface area contributed by atoms with E-state index in [1.165, 1.54) is 43.2 Å². The molecule has 0 spiro atoms. The second kappa shape index (κ2) is 10.3. The average Bonchev–Trinajstić information content (AvgIpc) is 3.55. The molecule has 2 aromatic carbocycles.